The summed E-state index contributed by atoms with van der Waals surface area (Å²) in [6, 6.07) is 11.7. The molecule has 1 N–H and O–H groups in total. The molecule has 0 saturated heterocycles. The number of hydrogen-bond donors (Lipinski definition) is 1. The Morgan fingerprint density at radius 2 is 1.77 bits per heavy atom. The molecule has 0 aliphatic heterocycles. The maximum absolute atomic E-state index is 12.3. The molecule has 3 rings (SSSR count). The van der Waals surface area contributed by atoms with E-state index in [9.17, 15) is 9.00 Å². The van der Waals surface area contributed by atoms with E-state index in [0.717, 1.165) is 37.2 Å². The quantitative estimate of drug-likeness (QED) is 0.819. The van der Waals surface area contributed by atoms with Crippen LogP contribution in [0.15, 0.2) is 40.8 Å². The summed E-state index contributed by atoms with van der Waals surface area (Å²) >= 11 is 0. The average Bonchev–Trinajstić information content (AvgIpc) is 3.07. The van der Waals surface area contributed by atoms with Crippen molar-refractivity contribution in [1.29, 1.82) is 0 Å². The first-order chi connectivity index (χ1) is 12.5. The highest BCUT2D eigenvalue weighted by Gasteiger charge is 2.21. The number of carbonyl (C=O) groups excluding carboxylic acids is 1. The highest BCUT2D eigenvalue weighted by atomic mass is 32.2. The molecule has 1 aliphatic rings. The fourth-order valence-corrected chi connectivity index (χ4v) is 4.46. The van der Waals surface area contributed by atoms with Crippen molar-refractivity contribution in [2.24, 2.45) is 5.92 Å². The summed E-state index contributed by atoms with van der Waals surface area (Å²) in [5.41, 5.74) is 2.23. The first kappa shape index (κ1) is 18.9. The van der Waals surface area contributed by atoms with Crippen molar-refractivity contribution < 1.29 is 13.4 Å². The molecule has 0 unspecified atom stereocenters. The number of carbonyl (C=O) groups is 1. The van der Waals surface area contributed by atoms with E-state index in [4.69, 9.17) is 4.42 Å². The lowest BCUT2D eigenvalue weighted by Gasteiger charge is -2.26. The summed E-state index contributed by atoms with van der Waals surface area (Å²) in [7, 11) is -1.06. The minimum Gasteiger partial charge on any atom is -0.455 e. The Bertz CT molecular complexity index is 758. The topological polar surface area (TPSA) is 59.3 Å². The van der Waals surface area contributed by atoms with Crippen LogP contribution >= 0.6 is 0 Å². The summed E-state index contributed by atoms with van der Waals surface area (Å²) in [4.78, 5) is 12.3. The fourth-order valence-electron chi connectivity index (χ4n) is 3.32. The van der Waals surface area contributed by atoms with Crippen LogP contribution in [-0.4, -0.2) is 16.2 Å². The molecule has 1 atom stereocenters. The van der Waals surface area contributed by atoms with E-state index in [0.29, 0.717) is 23.0 Å². The van der Waals surface area contributed by atoms with Crippen molar-refractivity contribution in [3.63, 3.8) is 0 Å². The second-order valence-electron chi connectivity index (χ2n) is 7.41. The van der Waals surface area contributed by atoms with Crippen LogP contribution in [-0.2, 0) is 22.3 Å². The van der Waals surface area contributed by atoms with E-state index < -0.39 is 10.8 Å². The van der Waals surface area contributed by atoms with E-state index in [1.54, 1.807) is 12.1 Å². The van der Waals surface area contributed by atoms with Gasteiger partial charge in [-0.15, -0.1) is 0 Å². The van der Waals surface area contributed by atoms with E-state index in [1.165, 1.54) is 5.56 Å². The van der Waals surface area contributed by atoms with E-state index in [2.05, 4.69) is 12.2 Å². The van der Waals surface area contributed by atoms with Crippen LogP contribution < -0.4 is 5.32 Å². The first-order valence-electron chi connectivity index (χ1n) is 9.29. The number of aryl methyl sites for hydroxylation is 1. The van der Waals surface area contributed by atoms with Gasteiger partial charge in [-0.25, -0.2) is 0 Å². The number of rotatable bonds is 6. The molecule has 1 amide bonds. The fraction of sp³-hybridized carbons (Fsp3) is 0.476. The van der Waals surface area contributed by atoms with Crippen molar-refractivity contribution in [1.82, 2.24) is 5.32 Å². The highest BCUT2D eigenvalue weighted by Crippen LogP contribution is 2.24. The molecule has 1 saturated carbocycles. The Morgan fingerprint density at radius 1 is 1.08 bits per heavy atom. The Labute approximate surface area is 157 Å². The molecule has 26 heavy (non-hydrogen) atoms. The predicted octanol–water partition coefficient (Wildman–Crippen LogP) is 4.35. The summed E-state index contributed by atoms with van der Waals surface area (Å²) < 4.78 is 18.0. The number of furan rings is 1. The van der Waals surface area contributed by atoms with Crippen LogP contribution in [0, 0.1) is 12.8 Å². The van der Waals surface area contributed by atoms with Crippen molar-refractivity contribution >= 4 is 16.7 Å². The van der Waals surface area contributed by atoms with Crippen LogP contribution in [0.25, 0.3) is 0 Å². The van der Waals surface area contributed by atoms with Crippen molar-refractivity contribution in [3.05, 3.63) is 59.0 Å². The van der Waals surface area contributed by atoms with Gasteiger partial charge < -0.3 is 9.73 Å². The third-order valence-corrected chi connectivity index (χ3v) is 6.25. The zero-order valence-electron chi connectivity index (χ0n) is 15.5. The monoisotopic (exact) mass is 373 g/mol. The van der Waals surface area contributed by atoms with Gasteiger partial charge in [-0.1, -0.05) is 36.8 Å². The lowest BCUT2D eigenvalue weighted by Crippen LogP contribution is -2.37. The molecule has 0 bridgehead atoms. The molecule has 0 radical (unpaired) electrons. The zero-order chi connectivity index (χ0) is 18.5. The molecule has 2 aromatic rings. The number of amides is 1. The normalized spacial score (nSPS) is 21.3. The standard InChI is InChI=1S/C21H27NO3S/c1-15-3-7-17(8-4-15)13-26(24)14-19-11-12-20(25-19)21(23)22-18-9-5-16(2)6-10-18/h3-4,7-8,11-12,16,18H,5-6,9-10,13-14H2,1-2H3,(H,22,23)/t16?,18?,26-/m1/s1. The number of benzene rings is 1. The molecule has 0 spiro atoms. The first-order valence-corrected chi connectivity index (χ1v) is 10.8. The van der Waals surface area contributed by atoms with Gasteiger partial charge in [0, 0.05) is 22.6 Å². The van der Waals surface area contributed by atoms with Crippen LogP contribution in [0.1, 0.15) is 60.0 Å². The summed E-state index contributed by atoms with van der Waals surface area (Å²) in [6.45, 7) is 4.29. The predicted molar refractivity (Wildman–Crippen MR) is 104 cm³/mol. The third-order valence-electron chi connectivity index (χ3n) is 4.99. The minimum atomic E-state index is -1.06. The van der Waals surface area contributed by atoms with Gasteiger partial charge in [0.25, 0.3) is 5.91 Å². The van der Waals surface area contributed by atoms with Gasteiger partial charge in [0.05, 0.1) is 5.75 Å². The minimum absolute atomic E-state index is 0.167. The second kappa shape index (κ2) is 8.67. The van der Waals surface area contributed by atoms with Crippen molar-refractivity contribution in [3.8, 4) is 0 Å². The summed E-state index contributed by atoms with van der Waals surface area (Å²) in [5, 5.41) is 3.06. The Balaban J connectivity index is 1.51. The maximum Gasteiger partial charge on any atom is 0.287 e. The van der Waals surface area contributed by atoms with Gasteiger partial charge in [-0.05, 0) is 56.2 Å². The highest BCUT2D eigenvalue weighted by molar-refractivity contribution is 7.83. The summed E-state index contributed by atoms with van der Waals surface area (Å²) in [6.07, 6.45) is 4.38. The molecular formula is C21H27NO3S. The smallest absolute Gasteiger partial charge is 0.287 e. The molecule has 5 heteroatoms. The number of nitrogens with one attached hydrogen (secondary N) is 1. The van der Waals surface area contributed by atoms with Crippen molar-refractivity contribution in [2.45, 2.75) is 57.1 Å². The third kappa shape index (κ3) is 5.31. The molecule has 4 nitrogen and oxygen atoms in total. The molecule has 1 aliphatic carbocycles. The Hall–Kier alpha value is -1.88. The molecule has 1 aromatic carbocycles. The van der Waals surface area contributed by atoms with Crippen LogP contribution in [0.4, 0.5) is 0 Å². The van der Waals surface area contributed by atoms with Crippen molar-refractivity contribution in [2.75, 3.05) is 0 Å². The van der Waals surface area contributed by atoms with Gasteiger partial charge in [0.15, 0.2) is 5.76 Å². The number of hydrogen-bond acceptors (Lipinski definition) is 3. The van der Waals surface area contributed by atoms with E-state index in [-0.39, 0.29) is 11.9 Å². The largest absolute Gasteiger partial charge is 0.455 e. The van der Waals surface area contributed by atoms with E-state index >= 15 is 0 Å². The molecule has 140 valence electrons. The lowest BCUT2D eigenvalue weighted by atomic mass is 9.87. The van der Waals surface area contributed by atoms with Crippen LogP contribution in [0.3, 0.4) is 0 Å². The molecular weight excluding hydrogens is 346 g/mol. The molecule has 1 aromatic heterocycles. The molecule has 1 fully saturated rings. The van der Waals surface area contributed by atoms with Gasteiger partial charge in [-0.2, -0.15) is 0 Å². The SMILES string of the molecule is Cc1ccc(C[S@@](=O)Cc2ccc(C(=O)NC3CCC(C)CC3)o2)cc1. The molecule has 1 heterocycles. The maximum atomic E-state index is 12.3. The summed E-state index contributed by atoms with van der Waals surface area (Å²) in [5.74, 6) is 2.30. The van der Waals surface area contributed by atoms with E-state index in [1.807, 2.05) is 31.2 Å². The van der Waals surface area contributed by atoms with Crippen LogP contribution in [0.5, 0.6) is 0 Å². The second-order valence-corrected chi connectivity index (χ2v) is 8.87. The Morgan fingerprint density at radius 3 is 2.46 bits per heavy atom. The van der Waals surface area contributed by atoms with Gasteiger partial charge >= 0.3 is 0 Å². The lowest BCUT2D eigenvalue weighted by molar-refractivity contribution is 0.0893. The average molecular weight is 374 g/mol. The zero-order valence-corrected chi connectivity index (χ0v) is 16.3. The van der Waals surface area contributed by atoms with Crippen LogP contribution in [0.2, 0.25) is 0 Å². The Kier molecular flexibility index (Phi) is 6.30. The van der Waals surface area contributed by atoms with Gasteiger partial charge in [0.1, 0.15) is 5.76 Å². The van der Waals surface area contributed by atoms with Gasteiger partial charge in [-0.3, -0.25) is 9.00 Å². The van der Waals surface area contributed by atoms with Gasteiger partial charge in [0.2, 0.25) is 0 Å².